The summed E-state index contributed by atoms with van der Waals surface area (Å²) in [6.07, 6.45) is 3.38. The van der Waals surface area contributed by atoms with Crippen molar-refractivity contribution in [2.75, 3.05) is 23.0 Å². The number of carboxylic acid groups (broad SMARTS) is 1. The molecule has 1 N–H and O–H groups in total. The van der Waals surface area contributed by atoms with E-state index in [1.165, 1.54) is 0 Å². The Balaban J connectivity index is -0.000000845. The van der Waals surface area contributed by atoms with Crippen molar-refractivity contribution in [2.24, 2.45) is 0 Å². The third kappa shape index (κ3) is 8.22. The SMILES string of the molecule is CCCS(CCC)(CCC)CC(=O)O.[H-].[K+]. The van der Waals surface area contributed by atoms with Gasteiger partial charge in [0, 0.05) is 0 Å². The van der Waals surface area contributed by atoms with Crippen molar-refractivity contribution < 1.29 is 62.7 Å². The molecule has 0 unspecified atom stereocenters. The zero-order valence-corrected chi connectivity index (χ0v) is 14.7. The van der Waals surface area contributed by atoms with E-state index < -0.39 is 16.0 Å². The van der Waals surface area contributed by atoms with Crippen molar-refractivity contribution in [3.05, 3.63) is 0 Å². The van der Waals surface area contributed by atoms with Gasteiger partial charge in [-0.1, -0.05) is 20.8 Å². The van der Waals surface area contributed by atoms with E-state index in [1.807, 2.05) is 0 Å². The standard InChI is InChI=1S/C11H24O2S.K.H/c1-4-7-14(8-5-2,9-6-3)10-11(12)13;;/h4-10H2,1-3H3,(H,12,13);;/q;+1;-1. The van der Waals surface area contributed by atoms with Crippen molar-refractivity contribution in [3.8, 4) is 0 Å². The Morgan fingerprint density at radius 3 is 1.60 bits per heavy atom. The zero-order valence-electron chi connectivity index (χ0n) is 11.7. The summed E-state index contributed by atoms with van der Waals surface area (Å²) < 4.78 is 0. The van der Waals surface area contributed by atoms with Crippen LogP contribution in [0.25, 0.3) is 0 Å². The van der Waals surface area contributed by atoms with Crippen LogP contribution >= 0.6 is 10.0 Å². The second-order valence-electron chi connectivity index (χ2n) is 3.88. The molecule has 2 nitrogen and oxygen atoms in total. The van der Waals surface area contributed by atoms with E-state index in [4.69, 9.17) is 5.11 Å². The van der Waals surface area contributed by atoms with E-state index in [-0.39, 0.29) is 52.8 Å². The molecule has 0 bridgehead atoms. The molecule has 0 saturated heterocycles. The zero-order chi connectivity index (χ0) is 11.0. The first kappa shape index (κ1) is 18.8. The van der Waals surface area contributed by atoms with E-state index in [1.54, 1.807) is 0 Å². The summed E-state index contributed by atoms with van der Waals surface area (Å²) in [6.45, 7) is 6.48. The van der Waals surface area contributed by atoms with Crippen LogP contribution in [0.2, 0.25) is 0 Å². The predicted molar refractivity (Wildman–Crippen MR) is 66.7 cm³/mol. The molecule has 0 spiro atoms. The molecule has 0 amide bonds. The monoisotopic (exact) mass is 260 g/mol. The van der Waals surface area contributed by atoms with Crippen LogP contribution in [-0.2, 0) is 4.79 Å². The van der Waals surface area contributed by atoms with Gasteiger partial charge in [0.15, 0.2) is 0 Å². The molecule has 0 heterocycles. The van der Waals surface area contributed by atoms with Gasteiger partial charge in [0.1, 0.15) is 0 Å². The molecule has 0 aliphatic heterocycles. The van der Waals surface area contributed by atoms with E-state index in [0.29, 0.717) is 5.75 Å². The molecular weight excluding hydrogens is 235 g/mol. The fourth-order valence-corrected chi connectivity index (χ4v) is 6.25. The summed E-state index contributed by atoms with van der Waals surface area (Å²) in [5.41, 5.74) is 0. The van der Waals surface area contributed by atoms with Gasteiger partial charge in [-0.2, -0.15) is 0 Å². The molecule has 0 aliphatic carbocycles. The molecule has 0 rings (SSSR count). The van der Waals surface area contributed by atoms with Gasteiger partial charge in [-0.05, 0) is 36.5 Å². The van der Waals surface area contributed by atoms with Crippen LogP contribution in [0.1, 0.15) is 41.5 Å². The number of rotatable bonds is 8. The Morgan fingerprint density at radius 1 is 1.07 bits per heavy atom. The first-order valence-corrected chi connectivity index (χ1v) is 7.87. The molecule has 0 saturated carbocycles. The maximum Gasteiger partial charge on any atom is 1.00 e. The normalized spacial score (nSPS) is 11.9. The third-order valence-corrected chi connectivity index (χ3v) is 7.02. The van der Waals surface area contributed by atoms with E-state index in [2.05, 4.69) is 20.8 Å². The summed E-state index contributed by atoms with van der Waals surface area (Å²) in [7, 11) is -0.845. The molecule has 0 atom stereocenters. The molecule has 88 valence electrons. The van der Waals surface area contributed by atoms with Gasteiger partial charge in [0.25, 0.3) is 0 Å². The molecule has 0 aromatic carbocycles. The number of hydrogen-bond donors (Lipinski definition) is 1. The number of hydrogen-bond acceptors (Lipinski definition) is 1. The van der Waals surface area contributed by atoms with Crippen LogP contribution in [0.15, 0.2) is 0 Å². The van der Waals surface area contributed by atoms with Gasteiger partial charge in [0.2, 0.25) is 0 Å². The van der Waals surface area contributed by atoms with E-state index in [9.17, 15) is 4.79 Å². The van der Waals surface area contributed by atoms with Crippen LogP contribution in [0.4, 0.5) is 0 Å². The van der Waals surface area contributed by atoms with Gasteiger partial charge in [-0.3, -0.25) is 4.79 Å². The molecule has 0 aromatic rings. The summed E-state index contributed by atoms with van der Waals surface area (Å²) in [6, 6.07) is 0. The van der Waals surface area contributed by atoms with Gasteiger partial charge in [-0.15, -0.1) is 0 Å². The average molecular weight is 260 g/mol. The van der Waals surface area contributed by atoms with Crippen molar-refractivity contribution >= 4 is 16.0 Å². The Morgan fingerprint density at radius 2 is 1.40 bits per heavy atom. The molecule has 4 heteroatoms. The largest absolute Gasteiger partial charge is 1.00 e. The summed E-state index contributed by atoms with van der Waals surface area (Å²) in [4.78, 5) is 10.9. The number of aliphatic carboxylic acids is 1. The van der Waals surface area contributed by atoms with E-state index in [0.717, 1.165) is 36.5 Å². The number of carboxylic acids is 1. The minimum Gasteiger partial charge on any atom is -1.00 e. The Hall–Kier alpha value is 1.46. The van der Waals surface area contributed by atoms with Crippen molar-refractivity contribution in [1.82, 2.24) is 0 Å². The number of carbonyl (C=O) groups is 1. The van der Waals surface area contributed by atoms with Crippen molar-refractivity contribution in [1.29, 1.82) is 0 Å². The minimum atomic E-state index is -0.845. The molecular formula is C11H25KO2S. The van der Waals surface area contributed by atoms with Crippen LogP contribution in [0, 0.1) is 0 Å². The van der Waals surface area contributed by atoms with Crippen LogP contribution < -0.4 is 51.4 Å². The fourth-order valence-electron chi connectivity index (χ4n) is 2.08. The van der Waals surface area contributed by atoms with Gasteiger partial charge < -0.3 is 6.53 Å². The van der Waals surface area contributed by atoms with Gasteiger partial charge >= 0.3 is 57.4 Å². The minimum absolute atomic E-state index is 0. The molecule has 0 radical (unpaired) electrons. The van der Waals surface area contributed by atoms with Gasteiger partial charge in [0.05, 0.1) is 5.75 Å². The molecule has 15 heavy (non-hydrogen) atoms. The summed E-state index contributed by atoms with van der Waals surface area (Å²) >= 11 is 0. The smallest absolute Gasteiger partial charge is 1.00 e. The predicted octanol–water partition coefficient (Wildman–Crippen LogP) is 0.222. The molecule has 0 aromatic heterocycles. The van der Waals surface area contributed by atoms with Crippen LogP contribution in [0.3, 0.4) is 0 Å². The van der Waals surface area contributed by atoms with Crippen molar-refractivity contribution in [3.63, 3.8) is 0 Å². The summed E-state index contributed by atoms with van der Waals surface area (Å²) in [5.74, 6) is 3.25. The maximum absolute atomic E-state index is 10.9. The Labute approximate surface area is 140 Å². The average Bonchev–Trinajstić information content (AvgIpc) is 2.03. The Bertz CT molecular complexity index is 162. The van der Waals surface area contributed by atoms with Crippen molar-refractivity contribution in [2.45, 2.75) is 40.0 Å². The second kappa shape index (κ2) is 10.6. The quantitative estimate of drug-likeness (QED) is 0.634. The third-order valence-electron chi connectivity index (χ3n) is 2.34. The second-order valence-corrected chi connectivity index (χ2v) is 7.84. The molecule has 0 aliphatic rings. The van der Waals surface area contributed by atoms with Crippen LogP contribution in [-0.4, -0.2) is 34.1 Å². The van der Waals surface area contributed by atoms with Gasteiger partial charge in [-0.25, -0.2) is 10.0 Å². The first-order chi connectivity index (χ1) is 6.60. The van der Waals surface area contributed by atoms with Crippen LogP contribution in [0.5, 0.6) is 0 Å². The Kier molecular flexibility index (Phi) is 13.3. The summed E-state index contributed by atoms with van der Waals surface area (Å²) in [5, 5.41) is 8.95. The fraction of sp³-hybridized carbons (Fsp3) is 0.909. The topological polar surface area (TPSA) is 37.3 Å². The maximum atomic E-state index is 10.9. The van der Waals surface area contributed by atoms with E-state index >= 15 is 0 Å². The first-order valence-electron chi connectivity index (χ1n) is 5.56. The molecule has 0 fully saturated rings.